The lowest BCUT2D eigenvalue weighted by molar-refractivity contribution is -0.138. The highest BCUT2D eigenvalue weighted by Crippen LogP contribution is 2.22. The summed E-state index contributed by atoms with van der Waals surface area (Å²) in [5.74, 6) is 0.00757. The quantitative estimate of drug-likeness (QED) is 0.855. The number of hydrogen-bond acceptors (Lipinski definition) is 4. The Balaban J connectivity index is 1.85. The van der Waals surface area contributed by atoms with Gasteiger partial charge in [-0.15, -0.1) is 11.3 Å². The molecular weight excluding hydrogens is 286 g/mol. The van der Waals surface area contributed by atoms with Crippen LogP contribution in [-0.2, 0) is 11.3 Å². The van der Waals surface area contributed by atoms with Crippen molar-refractivity contribution in [2.45, 2.75) is 51.7 Å². The van der Waals surface area contributed by atoms with Crippen molar-refractivity contribution in [3.05, 3.63) is 28.1 Å². The second-order valence-corrected chi connectivity index (χ2v) is 6.64. The molecule has 3 heterocycles. The fourth-order valence-corrected chi connectivity index (χ4v) is 3.87. The molecule has 2 aromatic heterocycles. The van der Waals surface area contributed by atoms with Gasteiger partial charge in [-0.25, -0.2) is 4.98 Å². The number of thiophene rings is 1. The zero-order valence-electron chi connectivity index (χ0n) is 12.3. The number of hydrogen-bond donors (Lipinski definition) is 0. The van der Waals surface area contributed by atoms with Gasteiger partial charge in [-0.2, -0.15) is 0 Å². The molecule has 0 bridgehead atoms. The number of piperidine rings is 1. The van der Waals surface area contributed by atoms with E-state index in [-0.39, 0.29) is 30.1 Å². The number of carbonyl (C=O) groups excluding carboxylic acids is 1. The van der Waals surface area contributed by atoms with E-state index < -0.39 is 0 Å². The molecule has 0 unspecified atom stereocenters. The SMILES string of the molecule is C[C@@H]1CCC[C@@H](C)N1C(=O)Cn1cnc2sccc2c1=O. The lowest BCUT2D eigenvalue weighted by atomic mass is 9.97. The molecule has 0 spiro atoms. The van der Waals surface area contributed by atoms with E-state index in [0.29, 0.717) is 5.39 Å². The Morgan fingerprint density at radius 1 is 1.38 bits per heavy atom. The highest BCUT2D eigenvalue weighted by Gasteiger charge is 2.29. The van der Waals surface area contributed by atoms with Crippen molar-refractivity contribution in [1.82, 2.24) is 14.5 Å². The van der Waals surface area contributed by atoms with Crippen molar-refractivity contribution in [2.75, 3.05) is 0 Å². The van der Waals surface area contributed by atoms with Crippen LogP contribution in [-0.4, -0.2) is 32.4 Å². The molecule has 3 rings (SSSR count). The number of amides is 1. The zero-order valence-corrected chi connectivity index (χ0v) is 13.1. The van der Waals surface area contributed by atoms with Gasteiger partial charge in [0.1, 0.15) is 11.4 Å². The number of likely N-dealkylation sites (tertiary alicyclic amines) is 1. The maximum absolute atomic E-state index is 12.6. The average Bonchev–Trinajstić information content (AvgIpc) is 2.91. The second-order valence-electron chi connectivity index (χ2n) is 5.75. The molecule has 1 aliphatic rings. The van der Waals surface area contributed by atoms with Crippen LogP contribution < -0.4 is 5.56 Å². The molecule has 1 aliphatic heterocycles. The fourth-order valence-electron chi connectivity index (χ4n) is 3.15. The van der Waals surface area contributed by atoms with Gasteiger partial charge >= 0.3 is 0 Å². The van der Waals surface area contributed by atoms with Gasteiger partial charge in [0.05, 0.1) is 11.7 Å². The van der Waals surface area contributed by atoms with Crippen LogP contribution in [0.4, 0.5) is 0 Å². The third-order valence-electron chi connectivity index (χ3n) is 4.24. The van der Waals surface area contributed by atoms with E-state index in [0.717, 1.165) is 24.1 Å². The summed E-state index contributed by atoms with van der Waals surface area (Å²) in [7, 11) is 0. The van der Waals surface area contributed by atoms with Crippen LogP contribution in [0.15, 0.2) is 22.6 Å². The monoisotopic (exact) mass is 305 g/mol. The molecule has 112 valence electrons. The molecule has 1 fully saturated rings. The number of aromatic nitrogens is 2. The third kappa shape index (κ3) is 2.60. The van der Waals surface area contributed by atoms with Gasteiger partial charge in [0.2, 0.25) is 5.91 Å². The maximum Gasteiger partial charge on any atom is 0.262 e. The predicted octanol–water partition coefficient (Wildman–Crippen LogP) is 2.25. The van der Waals surface area contributed by atoms with Gasteiger partial charge in [0.15, 0.2) is 0 Å². The highest BCUT2D eigenvalue weighted by molar-refractivity contribution is 7.16. The Morgan fingerprint density at radius 2 is 2.10 bits per heavy atom. The first-order valence-corrected chi connectivity index (χ1v) is 8.19. The van der Waals surface area contributed by atoms with Crippen LogP contribution in [0, 0.1) is 0 Å². The van der Waals surface area contributed by atoms with Crippen LogP contribution in [0.25, 0.3) is 10.2 Å². The van der Waals surface area contributed by atoms with Crippen LogP contribution >= 0.6 is 11.3 Å². The van der Waals surface area contributed by atoms with Crippen molar-refractivity contribution in [3.63, 3.8) is 0 Å². The summed E-state index contributed by atoms with van der Waals surface area (Å²) in [6.07, 6.45) is 4.71. The van der Waals surface area contributed by atoms with Crippen molar-refractivity contribution >= 4 is 27.5 Å². The molecule has 2 aromatic rings. The summed E-state index contributed by atoms with van der Waals surface area (Å²) in [4.78, 5) is 31.8. The molecule has 1 amide bonds. The summed E-state index contributed by atoms with van der Waals surface area (Å²) in [5, 5.41) is 2.44. The summed E-state index contributed by atoms with van der Waals surface area (Å²) >= 11 is 1.44. The number of nitrogens with zero attached hydrogens (tertiary/aromatic N) is 3. The van der Waals surface area contributed by atoms with Crippen LogP contribution in [0.2, 0.25) is 0 Å². The minimum absolute atomic E-state index is 0.00757. The Morgan fingerprint density at radius 3 is 2.81 bits per heavy atom. The molecular formula is C15H19N3O2S. The predicted molar refractivity (Wildman–Crippen MR) is 83.5 cm³/mol. The molecule has 0 aromatic carbocycles. The van der Waals surface area contributed by atoms with Gasteiger partial charge in [-0.3, -0.25) is 14.2 Å². The van der Waals surface area contributed by atoms with E-state index in [1.54, 1.807) is 6.07 Å². The van der Waals surface area contributed by atoms with Crippen LogP contribution in [0.5, 0.6) is 0 Å². The Labute approximate surface area is 127 Å². The second kappa shape index (κ2) is 5.60. The van der Waals surface area contributed by atoms with Crippen molar-refractivity contribution < 1.29 is 4.79 Å². The van der Waals surface area contributed by atoms with Crippen LogP contribution in [0.1, 0.15) is 33.1 Å². The zero-order chi connectivity index (χ0) is 15.0. The summed E-state index contributed by atoms with van der Waals surface area (Å²) in [6, 6.07) is 2.26. The fraction of sp³-hybridized carbons (Fsp3) is 0.533. The molecule has 21 heavy (non-hydrogen) atoms. The first-order valence-electron chi connectivity index (χ1n) is 7.31. The van der Waals surface area contributed by atoms with E-state index in [1.165, 1.54) is 22.2 Å². The first kappa shape index (κ1) is 14.3. The summed E-state index contributed by atoms with van der Waals surface area (Å²) in [5.41, 5.74) is -0.132. The normalized spacial score (nSPS) is 22.7. The molecule has 2 atom stereocenters. The minimum Gasteiger partial charge on any atom is -0.336 e. The first-order chi connectivity index (χ1) is 10.1. The van der Waals surface area contributed by atoms with Crippen molar-refractivity contribution in [3.8, 4) is 0 Å². The Kier molecular flexibility index (Phi) is 3.80. The third-order valence-corrected chi connectivity index (χ3v) is 5.06. The van der Waals surface area contributed by atoms with Crippen LogP contribution in [0.3, 0.4) is 0 Å². The van der Waals surface area contributed by atoms with Gasteiger partial charge < -0.3 is 4.90 Å². The smallest absolute Gasteiger partial charge is 0.262 e. The van der Waals surface area contributed by atoms with E-state index in [4.69, 9.17) is 0 Å². The van der Waals surface area contributed by atoms with Crippen molar-refractivity contribution in [2.24, 2.45) is 0 Å². The summed E-state index contributed by atoms with van der Waals surface area (Å²) < 4.78 is 1.42. The molecule has 0 radical (unpaired) electrons. The molecule has 5 nitrogen and oxygen atoms in total. The minimum atomic E-state index is -0.132. The average molecular weight is 305 g/mol. The summed E-state index contributed by atoms with van der Waals surface area (Å²) in [6.45, 7) is 4.24. The molecule has 0 N–H and O–H groups in total. The van der Waals surface area contributed by atoms with E-state index in [1.807, 2.05) is 10.3 Å². The lowest BCUT2D eigenvalue weighted by Gasteiger charge is -2.39. The molecule has 1 saturated heterocycles. The van der Waals surface area contributed by atoms with E-state index >= 15 is 0 Å². The molecule has 0 aliphatic carbocycles. The largest absolute Gasteiger partial charge is 0.336 e. The van der Waals surface area contributed by atoms with E-state index in [2.05, 4.69) is 18.8 Å². The topological polar surface area (TPSA) is 55.2 Å². The Bertz CT molecular complexity index is 711. The lowest BCUT2D eigenvalue weighted by Crippen LogP contribution is -2.49. The van der Waals surface area contributed by atoms with Gasteiger partial charge in [-0.05, 0) is 44.6 Å². The van der Waals surface area contributed by atoms with Gasteiger partial charge in [0.25, 0.3) is 5.56 Å². The number of fused-ring (bicyclic) bond motifs is 1. The number of rotatable bonds is 2. The highest BCUT2D eigenvalue weighted by atomic mass is 32.1. The number of carbonyl (C=O) groups is 1. The Hall–Kier alpha value is -1.69. The standard InChI is InChI=1S/C15H19N3O2S/c1-10-4-3-5-11(2)18(10)13(19)8-17-9-16-14-12(15(17)20)6-7-21-14/h6-7,9-11H,3-5,8H2,1-2H3/t10-,11-/m1/s1. The van der Waals surface area contributed by atoms with Gasteiger partial charge in [-0.1, -0.05) is 0 Å². The molecule has 6 heteroatoms. The maximum atomic E-state index is 12.6. The van der Waals surface area contributed by atoms with E-state index in [9.17, 15) is 9.59 Å². The van der Waals surface area contributed by atoms with Gasteiger partial charge in [0, 0.05) is 12.1 Å². The molecule has 0 saturated carbocycles. The van der Waals surface area contributed by atoms with Crippen molar-refractivity contribution in [1.29, 1.82) is 0 Å².